The van der Waals surface area contributed by atoms with Gasteiger partial charge in [-0.05, 0) is 0 Å². The van der Waals surface area contributed by atoms with Gasteiger partial charge in [0.05, 0.1) is 0 Å². The molecule has 1 radical (unpaired) electrons. The van der Waals surface area contributed by atoms with E-state index in [0.717, 1.165) is 25.7 Å². The number of benzene rings is 1. The van der Waals surface area contributed by atoms with Crippen molar-refractivity contribution < 1.29 is 13.2 Å². The number of rotatable bonds is 10. The van der Waals surface area contributed by atoms with E-state index in [2.05, 4.69) is 34.1 Å². The van der Waals surface area contributed by atoms with Crippen LogP contribution >= 0.6 is 0 Å². The third-order valence-corrected chi connectivity index (χ3v) is 8.11. The molecule has 0 aliphatic rings. The van der Waals surface area contributed by atoms with Crippen molar-refractivity contribution in [3.05, 3.63) is 29.8 Å². The first-order chi connectivity index (χ1) is 10.4. The molecule has 125 valence electrons. The maximum absolute atomic E-state index is 12.0. The zero-order valence-corrected chi connectivity index (χ0v) is 16.7. The Morgan fingerprint density at radius 1 is 0.864 bits per heavy atom. The molecule has 0 aliphatic carbocycles. The van der Waals surface area contributed by atoms with Crippen LogP contribution in [0.15, 0.2) is 24.3 Å². The van der Waals surface area contributed by atoms with Crippen LogP contribution in [0.25, 0.3) is 0 Å². The van der Waals surface area contributed by atoms with Crippen molar-refractivity contribution in [2.75, 3.05) is 0 Å². The molecule has 4 heteroatoms. The van der Waals surface area contributed by atoms with Crippen LogP contribution < -0.4 is 3.58 Å². The molecular weight excluding hydrogens is 392 g/mol. The van der Waals surface area contributed by atoms with Crippen molar-refractivity contribution in [2.24, 2.45) is 0 Å². The first-order valence-electron chi connectivity index (χ1n) is 8.35. The Morgan fingerprint density at radius 3 is 2.05 bits per heavy atom. The van der Waals surface area contributed by atoms with E-state index in [1.165, 1.54) is 18.4 Å². The molecule has 0 aromatic heterocycles. The molecule has 0 aliphatic heterocycles. The Morgan fingerprint density at radius 2 is 1.45 bits per heavy atom. The third-order valence-electron chi connectivity index (χ3n) is 3.93. The second-order valence-corrected chi connectivity index (χ2v) is 13.6. The average Bonchev–Trinajstić information content (AvgIpc) is 2.44. The van der Waals surface area contributed by atoms with E-state index in [4.69, 9.17) is 0 Å². The zero-order valence-electron chi connectivity index (χ0n) is 13.8. The Labute approximate surface area is 140 Å². The number of halogens is 3. The average molecular weight is 420 g/mol. The standard InChI is InChI=1S/C16H22F3.2CH3.Sn/c17-16(18,19)14-10-5-3-1-2-4-7-11-15-12-8-6-9-13-15;;;/h6,8,12-13H,1-5,7,10-11,14H2;2*1H3;. The van der Waals surface area contributed by atoms with E-state index in [0.29, 0.717) is 6.42 Å². The summed E-state index contributed by atoms with van der Waals surface area (Å²) in [6.45, 7) is 0. The van der Waals surface area contributed by atoms with Gasteiger partial charge in [-0.3, -0.25) is 0 Å². The minimum absolute atomic E-state index is 0.289. The van der Waals surface area contributed by atoms with Crippen LogP contribution in [-0.4, -0.2) is 25.9 Å². The first kappa shape index (κ1) is 19.9. The van der Waals surface area contributed by atoms with Gasteiger partial charge >= 0.3 is 127 Å². The van der Waals surface area contributed by atoms with Gasteiger partial charge < -0.3 is 0 Å². The molecule has 0 N–H and O–H groups in total. The molecule has 22 heavy (non-hydrogen) atoms. The number of alkyl halides is 3. The van der Waals surface area contributed by atoms with Crippen molar-refractivity contribution >= 4 is 23.3 Å². The van der Waals surface area contributed by atoms with Crippen molar-refractivity contribution in [1.82, 2.24) is 0 Å². The van der Waals surface area contributed by atoms with Crippen molar-refractivity contribution in [2.45, 2.75) is 73.8 Å². The van der Waals surface area contributed by atoms with Crippen LogP contribution in [0.5, 0.6) is 0 Å². The van der Waals surface area contributed by atoms with Crippen LogP contribution in [0.4, 0.5) is 13.2 Å². The van der Waals surface area contributed by atoms with Gasteiger partial charge in [0.25, 0.3) is 0 Å². The number of hydrogen-bond donors (Lipinski definition) is 0. The number of hydrogen-bond acceptors (Lipinski definition) is 0. The molecule has 0 saturated heterocycles. The first-order valence-corrected chi connectivity index (χ1v) is 15.5. The quantitative estimate of drug-likeness (QED) is 0.328. The summed E-state index contributed by atoms with van der Waals surface area (Å²) in [5.74, 6) is 0. The van der Waals surface area contributed by atoms with Gasteiger partial charge in [-0.2, -0.15) is 13.2 Å². The molecule has 1 rings (SSSR count). The SMILES string of the molecule is [CH3][Sn]([CH3])[c]1cccc(CCCCCCCCCC(F)(F)F)c1. The molecule has 0 amide bonds. The number of aryl methyl sites for hydroxylation is 1. The molecule has 0 atom stereocenters. The summed E-state index contributed by atoms with van der Waals surface area (Å²) in [7, 11) is 0. The molecule has 0 nitrogen and oxygen atoms in total. The van der Waals surface area contributed by atoms with Gasteiger partial charge in [0.15, 0.2) is 0 Å². The summed E-state index contributed by atoms with van der Waals surface area (Å²) >= 11 is -1.25. The zero-order chi connectivity index (χ0) is 16.4. The van der Waals surface area contributed by atoms with Gasteiger partial charge in [0.2, 0.25) is 0 Å². The molecule has 0 fully saturated rings. The summed E-state index contributed by atoms with van der Waals surface area (Å²) in [4.78, 5) is 4.81. The van der Waals surface area contributed by atoms with Crippen LogP contribution in [0, 0.1) is 0 Å². The summed E-state index contributed by atoms with van der Waals surface area (Å²) in [6, 6.07) is 9.04. The molecule has 0 saturated carbocycles. The minimum atomic E-state index is -3.98. The number of unbranched alkanes of at least 4 members (excludes halogenated alkanes) is 6. The Hall–Kier alpha value is -0.191. The van der Waals surface area contributed by atoms with Gasteiger partial charge in [0, 0.05) is 0 Å². The summed E-state index contributed by atoms with van der Waals surface area (Å²) in [5.41, 5.74) is 1.45. The molecule has 1 aromatic rings. The molecule has 1 aromatic carbocycles. The van der Waals surface area contributed by atoms with Gasteiger partial charge in [-0.1, -0.05) is 0 Å². The van der Waals surface area contributed by atoms with E-state index in [-0.39, 0.29) is 6.42 Å². The fraction of sp³-hybridized carbons (Fsp3) is 0.667. The topological polar surface area (TPSA) is 0 Å². The van der Waals surface area contributed by atoms with Gasteiger partial charge in [-0.25, -0.2) is 0 Å². The van der Waals surface area contributed by atoms with Crippen molar-refractivity contribution in [3.63, 3.8) is 0 Å². The van der Waals surface area contributed by atoms with E-state index in [1.54, 1.807) is 3.58 Å². The van der Waals surface area contributed by atoms with Crippen molar-refractivity contribution in [1.29, 1.82) is 0 Å². The Kier molecular flexibility index (Phi) is 9.53. The summed E-state index contributed by atoms with van der Waals surface area (Å²) in [5, 5.41) is 0. The summed E-state index contributed by atoms with van der Waals surface area (Å²) in [6.07, 6.45) is 3.07. The van der Waals surface area contributed by atoms with Crippen molar-refractivity contribution in [3.8, 4) is 0 Å². The third kappa shape index (κ3) is 9.75. The van der Waals surface area contributed by atoms with Gasteiger partial charge in [-0.15, -0.1) is 0 Å². The van der Waals surface area contributed by atoms with E-state index in [1.807, 2.05) is 0 Å². The monoisotopic (exact) mass is 421 g/mol. The van der Waals surface area contributed by atoms with Gasteiger partial charge in [0.1, 0.15) is 0 Å². The second-order valence-electron chi connectivity index (χ2n) is 6.29. The fourth-order valence-electron chi connectivity index (χ4n) is 2.58. The maximum atomic E-state index is 12.0. The van der Waals surface area contributed by atoms with Crippen LogP contribution in [0.2, 0.25) is 9.88 Å². The van der Waals surface area contributed by atoms with E-state index < -0.39 is 32.4 Å². The molecule has 0 heterocycles. The van der Waals surface area contributed by atoms with Crippen LogP contribution in [-0.2, 0) is 6.42 Å². The predicted octanol–water partition coefficient (Wildman–Crippen LogP) is 5.87. The molecule has 0 unspecified atom stereocenters. The normalized spacial score (nSPS) is 12.1. The predicted molar refractivity (Wildman–Crippen MR) is 90.3 cm³/mol. The Bertz CT molecular complexity index is 413. The Balaban J connectivity index is 2.03. The van der Waals surface area contributed by atoms with Crippen LogP contribution in [0.3, 0.4) is 0 Å². The molecular formula is C18H28F3Sn. The van der Waals surface area contributed by atoms with E-state index in [9.17, 15) is 13.2 Å². The molecule has 0 bridgehead atoms. The second kappa shape index (κ2) is 10.6. The van der Waals surface area contributed by atoms with E-state index >= 15 is 0 Å². The summed E-state index contributed by atoms with van der Waals surface area (Å²) < 4.78 is 37.5. The van der Waals surface area contributed by atoms with Crippen LogP contribution in [0.1, 0.15) is 56.9 Å². The molecule has 0 spiro atoms. The fourth-order valence-corrected chi connectivity index (χ4v) is 5.16.